The van der Waals surface area contributed by atoms with Crippen LogP contribution in [0.15, 0.2) is 79.9 Å². The first-order valence-electron chi connectivity index (χ1n) is 15.7. The molecule has 1 aliphatic heterocycles. The van der Waals surface area contributed by atoms with E-state index in [1.807, 2.05) is 56.9 Å². The van der Waals surface area contributed by atoms with Crippen molar-refractivity contribution in [2.24, 2.45) is 11.3 Å². The minimum atomic E-state index is -0.451. The van der Waals surface area contributed by atoms with Crippen LogP contribution >= 0.6 is 11.8 Å². The van der Waals surface area contributed by atoms with E-state index in [1.165, 1.54) is 30.6 Å². The maximum Gasteiger partial charge on any atom is 0.233 e. The molecule has 3 aliphatic rings. The Morgan fingerprint density at radius 3 is 2.43 bits per heavy atom. The Balaban J connectivity index is 0.000000672. The zero-order valence-corrected chi connectivity index (χ0v) is 27.9. The van der Waals surface area contributed by atoms with E-state index >= 15 is 0 Å². The van der Waals surface area contributed by atoms with Gasteiger partial charge >= 0.3 is 0 Å². The normalized spacial score (nSPS) is 18.2. The van der Waals surface area contributed by atoms with E-state index in [0.717, 1.165) is 65.3 Å². The van der Waals surface area contributed by atoms with E-state index < -0.39 is 5.41 Å². The van der Waals surface area contributed by atoms with E-state index in [-0.39, 0.29) is 5.91 Å². The van der Waals surface area contributed by atoms with E-state index in [9.17, 15) is 9.59 Å². The number of rotatable bonds is 13. The predicted octanol–water partition coefficient (Wildman–Crippen LogP) is 9.59. The van der Waals surface area contributed by atoms with E-state index in [1.54, 1.807) is 31.2 Å². The Hall–Kier alpha value is -2.73. The summed E-state index contributed by atoms with van der Waals surface area (Å²) in [5, 5.41) is 0. The van der Waals surface area contributed by atoms with Crippen LogP contribution in [0.5, 0.6) is 0 Å². The highest BCUT2D eigenvalue weighted by Gasteiger charge is 2.52. The first-order chi connectivity index (χ1) is 20.3. The zero-order chi connectivity index (χ0) is 31.1. The number of aryl methyl sites for hydroxylation is 1. The molecular formula is C36H53NO4S. The van der Waals surface area contributed by atoms with Crippen molar-refractivity contribution in [3.05, 3.63) is 81.3 Å². The molecular weight excluding hydrogens is 542 g/mol. The molecule has 1 amide bonds. The lowest BCUT2D eigenvalue weighted by Crippen LogP contribution is -2.40. The van der Waals surface area contributed by atoms with Gasteiger partial charge in [0.15, 0.2) is 0 Å². The average molecular weight is 596 g/mol. The third-order valence-corrected chi connectivity index (χ3v) is 9.80. The number of hydrogen-bond acceptors (Lipinski definition) is 5. The lowest BCUT2D eigenvalue weighted by molar-refractivity contribution is -0.135. The summed E-state index contributed by atoms with van der Waals surface area (Å²) in [6.45, 7) is 17.3. The van der Waals surface area contributed by atoms with Gasteiger partial charge in [-0.1, -0.05) is 82.0 Å². The number of carbonyl (C=O) groups is 2. The highest BCUT2D eigenvalue weighted by atomic mass is 32.2. The number of methoxy groups -OCH3 is 1. The molecule has 2 saturated carbocycles. The van der Waals surface area contributed by atoms with Crippen LogP contribution in [0.25, 0.3) is 0 Å². The number of furan rings is 1. The van der Waals surface area contributed by atoms with Crippen LogP contribution in [0.2, 0.25) is 0 Å². The third-order valence-electron chi connectivity index (χ3n) is 8.51. The second-order valence-corrected chi connectivity index (χ2v) is 12.5. The molecule has 0 saturated heterocycles. The maximum absolute atomic E-state index is 13.9. The van der Waals surface area contributed by atoms with Gasteiger partial charge in [-0.3, -0.25) is 9.59 Å². The van der Waals surface area contributed by atoms with Gasteiger partial charge < -0.3 is 14.1 Å². The summed E-state index contributed by atoms with van der Waals surface area (Å²) in [4.78, 5) is 29.5. The number of thioether (sulfide) groups is 1. The van der Waals surface area contributed by atoms with Gasteiger partial charge in [0.1, 0.15) is 17.8 Å². The van der Waals surface area contributed by atoms with Gasteiger partial charge in [-0.25, -0.2) is 0 Å². The van der Waals surface area contributed by atoms with E-state index in [4.69, 9.17) is 9.15 Å². The summed E-state index contributed by atoms with van der Waals surface area (Å²) in [7, 11) is 1.61. The van der Waals surface area contributed by atoms with Crippen molar-refractivity contribution in [3.8, 4) is 0 Å². The van der Waals surface area contributed by atoms with E-state index in [2.05, 4.69) is 20.4 Å². The monoisotopic (exact) mass is 595 g/mol. The molecule has 2 heterocycles. The molecule has 2 fully saturated rings. The van der Waals surface area contributed by atoms with Crippen LogP contribution in [-0.2, 0) is 20.7 Å². The van der Waals surface area contributed by atoms with Crippen LogP contribution in [-0.4, -0.2) is 37.3 Å². The van der Waals surface area contributed by atoms with Crippen molar-refractivity contribution in [3.63, 3.8) is 0 Å². The SMILES string of the molecule is C=C/C(=C\C=C(/C)C1(C(=O)N(CCCc2ccco2)CC2=C(C)CC(C=O)=C(C)S2)CC1)OC.CC.CCC1CCC1. The number of carbonyl (C=O) groups excluding carboxylic acids is 2. The zero-order valence-electron chi connectivity index (χ0n) is 27.1. The molecule has 5 nitrogen and oxygen atoms in total. The molecule has 4 rings (SSSR count). The maximum atomic E-state index is 13.9. The van der Waals surface area contributed by atoms with Crippen molar-refractivity contribution >= 4 is 24.0 Å². The second kappa shape index (κ2) is 18.0. The minimum absolute atomic E-state index is 0.176. The van der Waals surface area contributed by atoms with Gasteiger partial charge in [0.2, 0.25) is 5.91 Å². The lowest BCUT2D eigenvalue weighted by atomic mass is 9.84. The van der Waals surface area contributed by atoms with Crippen molar-refractivity contribution in [1.29, 1.82) is 0 Å². The molecule has 0 bridgehead atoms. The summed E-state index contributed by atoms with van der Waals surface area (Å²) < 4.78 is 10.8. The molecule has 0 unspecified atom stereocenters. The molecule has 1 aromatic heterocycles. The molecule has 0 atom stereocenters. The number of ether oxygens (including phenoxy) is 1. The van der Waals surface area contributed by atoms with Crippen LogP contribution in [0.4, 0.5) is 0 Å². The van der Waals surface area contributed by atoms with Crippen molar-refractivity contribution in [1.82, 2.24) is 4.90 Å². The van der Waals surface area contributed by atoms with Crippen LogP contribution < -0.4 is 0 Å². The van der Waals surface area contributed by atoms with Gasteiger partial charge in [0.25, 0.3) is 0 Å². The molecule has 42 heavy (non-hydrogen) atoms. The Kier molecular flexibility index (Phi) is 15.2. The average Bonchev–Trinajstić information content (AvgIpc) is 3.63. The van der Waals surface area contributed by atoms with Gasteiger partial charge in [0.05, 0.1) is 25.3 Å². The topological polar surface area (TPSA) is 59.8 Å². The Morgan fingerprint density at radius 1 is 1.24 bits per heavy atom. The first-order valence-corrected chi connectivity index (χ1v) is 16.5. The van der Waals surface area contributed by atoms with Crippen molar-refractivity contribution in [2.75, 3.05) is 20.2 Å². The fourth-order valence-corrected chi connectivity index (χ4v) is 6.24. The Bertz CT molecular complexity index is 1140. The quantitative estimate of drug-likeness (QED) is 0.129. The van der Waals surface area contributed by atoms with Crippen LogP contribution in [0.3, 0.4) is 0 Å². The van der Waals surface area contributed by atoms with Gasteiger partial charge in [-0.15, -0.1) is 0 Å². The molecule has 0 spiro atoms. The van der Waals surface area contributed by atoms with E-state index in [0.29, 0.717) is 25.3 Å². The summed E-state index contributed by atoms with van der Waals surface area (Å²) >= 11 is 1.63. The fraction of sp³-hybridized carbons (Fsp3) is 0.556. The van der Waals surface area contributed by atoms with Crippen LogP contribution in [0, 0.1) is 11.3 Å². The number of aldehydes is 1. The van der Waals surface area contributed by atoms with Crippen molar-refractivity contribution in [2.45, 2.75) is 99.3 Å². The van der Waals surface area contributed by atoms with Gasteiger partial charge in [-0.2, -0.15) is 0 Å². The number of hydrogen-bond donors (Lipinski definition) is 0. The smallest absolute Gasteiger partial charge is 0.233 e. The minimum Gasteiger partial charge on any atom is -0.497 e. The molecule has 0 aromatic carbocycles. The summed E-state index contributed by atoms with van der Waals surface area (Å²) in [6, 6.07) is 3.86. The molecule has 232 valence electrons. The summed E-state index contributed by atoms with van der Waals surface area (Å²) in [6.07, 6.45) is 18.1. The molecule has 0 N–H and O–H groups in total. The molecule has 6 heteroatoms. The first kappa shape index (κ1) is 35.5. The standard InChI is InChI=1S/C28H35NO4S.C6H12.C2H6/c1-6-24(32-5)12-11-21(3)28(13-14-28)27(31)29(15-7-9-25-10-8-16-33-25)18-26-20(2)17-23(19-30)22(4)34-26;1-2-6-4-3-5-6;1-2/h6,8,10-12,16,19H,1,7,9,13-15,17-18H2,2-5H3;6H,2-5H2,1H3;1-2H3/b21-11+,24-12+;;. The molecule has 2 aliphatic carbocycles. The summed E-state index contributed by atoms with van der Waals surface area (Å²) in [5.41, 5.74) is 2.60. The fourth-order valence-electron chi connectivity index (χ4n) is 5.15. The predicted molar refractivity (Wildman–Crippen MR) is 177 cm³/mol. The second-order valence-electron chi connectivity index (χ2n) is 11.2. The number of allylic oxidation sites excluding steroid dienone is 6. The van der Waals surface area contributed by atoms with Gasteiger partial charge in [-0.05, 0) is 81.6 Å². The third kappa shape index (κ3) is 9.93. The van der Waals surface area contributed by atoms with Gasteiger partial charge in [0, 0.05) is 23.4 Å². The highest BCUT2D eigenvalue weighted by Crippen LogP contribution is 2.53. The molecule has 1 aromatic rings. The highest BCUT2D eigenvalue weighted by molar-refractivity contribution is 8.06. The van der Waals surface area contributed by atoms with Crippen molar-refractivity contribution < 1.29 is 18.7 Å². The largest absolute Gasteiger partial charge is 0.497 e. The Morgan fingerprint density at radius 2 is 1.95 bits per heavy atom. The lowest BCUT2D eigenvalue weighted by Gasteiger charge is -2.31. The Labute approximate surface area is 259 Å². The number of amides is 1. The number of nitrogens with zero attached hydrogens (tertiary/aromatic N) is 1. The summed E-state index contributed by atoms with van der Waals surface area (Å²) in [5.74, 6) is 2.90. The molecule has 0 radical (unpaired) electrons. The van der Waals surface area contributed by atoms with Crippen LogP contribution in [0.1, 0.15) is 98.7 Å².